The molecule has 1 heterocycles. The third kappa shape index (κ3) is 43.8. The maximum Gasteiger partial charge on any atom is 0.220 e. The van der Waals surface area contributed by atoms with Crippen molar-refractivity contribution in [2.24, 2.45) is 0 Å². The summed E-state index contributed by atoms with van der Waals surface area (Å²) in [5.41, 5.74) is 0. The number of rotatable bonds is 58. The molecule has 7 atom stereocenters. The molecule has 1 fully saturated rings. The molecule has 0 spiro atoms. The Labute approximate surface area is 453 Å². The number of hydrogen-bond donors (Lipinski definition) is 6. The molecule has 7 unspecified atom stereocenters. The molecule has 0 saturated carbocycles. The number of unbranched alkanes of at least 4 members (excludes halogenated alkanes) is 48. The van der Waals surface area contributed by atoms with Crippen LogP contribution in [0.4, 0.5) is 0 Å². The number of carbonyl (C=O) groups excluding carboxylic acids is 1. The van der Waals surface area contributed by atoms with Gasteiger partial charge in [0.05, 0.1) is 25.4 Å². The van der Waals surface area contributed by atoms with Gasteiger partial charge in [0, 0.05) is 6.42 Å². The van der Waals surface area contributed by atoms with Crippen LogP contribution in [-0.4, -0.2) is 87.5 Å². The molecule has 9 nitrogen and oxygen atoms in total. The highest BCUT2D eigenvalue weighted by atomic mass is 16.7. The Morgan fingerprint density at radius 3 is 0.973 bits per heavy atom. The first-order valence-electron chi connectivity index (χ1n) is 32.7. The van der Waals surface area contributed by atoms with Crippen molar-refractivity contribution in [2.75, 3.05) is 13.2 Å². The molecule has 0 bridgehead atoms. The summed E-state index contributed by atoms with van der Waals surface area (Å²) >= 11 is 0. The lowest BCUT2D eigenvalue weighted by Gasteiger charge is -2.40. The van der Waals surface area contributed by atoms with Crippen molar-refractivity contribution in [3.63, 3.8) is 0 Å². The molecule has 1 aliphatic heterocycles. The van der Waals surface area contributed by atoms with E-state index in [4.69, 9.17) is 9.47 Å². The number of hydrogen-bond acceptors (Lipinski definition) is 8. The zero-order valence-electron chi connectivity index (χ0n) is 48.7. The van der Waals surface area contributed by atoms with Crippen molar-refractivity contribution in [2.45, 2.75) is 391 Å². The molecule has 0 aliphatic carbocycles. The summed E-state index contributed by atoms with van der Waals surface area (Å²) in [5, 5.41) is 54.8. The van der Waals surface area contributed by atoms with E-state index >= 15 is 0 Å². The summed E-state index contributed by atoms with van der Waals surface area (Å²) in [6.45, 7) is 3.90. The Kier molecular flexibility index (Phi) is 52.5. The van der Waals surface area contributed by atoms with Gasteiger partial charge in [-0.2, -0.15) is 0 Å². The van der Waals surface area contributed by atoms with Crippen molar-refractivity contribution in [1.82, 2.24) is 5.32 Å². The summed E-state index contributed by atoms with van der Waals surface area (Å²) in [5.74, 6) is -0.134. The second-order valence-electron chi connectivity index (χ2n) is 23.3. The fourth-order valence-electron chi connectivity index (χ4n) is 11.0. The molecule has 0 aromatic carbocycles. The van der Waals surface area contributed by atoms with E-state index in [0.717, 1.165) is 38.5 Å². The van der Waals surface area contributed by atoms with Crippen LogP contribution in [-0.2, 0) is 14.3 Å². The van der Waals surface area contributed by atoms with Crippen LogP contribution in [0.5, 0.6) is 0 Å². The second-order valence-corrected chi connectivity index (χ2v) is 23.3. The Hall–Kier alpha value is -0.810. The quantitative estimate of drug-likeness (QED) is 0.0330. The van der Waals surface area contributed by atoms with Gasteiger partial charge < -0.3 is 40.3 Å². The van der Waals surface area contributed by atoms with Gasteiger partial charge >= 0.3 is 0 Å². The highest BCUT2D eigenvalue weighted by Crippen LogP contribution is 2.24. The minimum Gasteiger partial charge on any atom is -0.394 e. The smallest absolute Gasteiger partial charge is 0.220 e. The van der Waals surface area contributed by atoms with Gasteiger partial charge in [0.1, 0.15) is 24.4 Å². The zero-order chi connectivity index (χ0) is 52.9. The maximum atomic E-state index is 13.1. The summed E-state index contributed by atoms with van der Waals surface area (Å²) in [4.78, 5) is 13.1. The van der Waals surface area contributed by atoms with E-state index in [1.54, 1.807) is 0 Å². The first kappa shape index (κ1) is 70.2. The summed E-state index contributed by atoms with van der Waals surface area (Å²) in [6.07, 6.45) is 60.1. The number of aliphatic hydroxyl groups excluding tert-OH is 5. The lowest BCUT2D eigenvalue weighted by Crippen LogP contribution is -2.60. The van der Waals surface area contributed by atoms with E-state index in [2.05, 4.69) is 19.2 Å². The maximum absolute atomic E-state index is 13.1. The molecule has 1 amide bonds. The molecule has 1 rings (SSSR count). The highest BCUT2D eigenvalue weighted by Gasteiger charge is 2.44. The van der Waals surface area contributed by atoms with Gasteiger partial charge in [0.25, 0.3) is 0 Å². The van der Waals surface area contributed by atoms with E-state index in [9.17, 15) is 30.3 Å². The van der Waals surface area contributed by atoms with Crippen molar-refractivity contribution in [3.05, 3.63) is 0 Å². The summed E-state index contributed by atoms with van der Waals surface area (Å²) < 4.78 is 11.4. The lowest BCUT2D eigenvalue weighted by molar-refractivity contribution is -0.302. The summed E-state index contributed by atoms with van der Waals surface area (Å²) in [7, 11) is 0. The molecule has 436 valence electrons. The first-order chi connectivity index (χ1) is 35.8. The van der Waals surface area contributed by atoms with Gasteiger partial charge in [-0.15, -0.1) is 0 Å². The van der Waals surface area contributed by atoms with Crippen LogP contribution >= 0.6 is 0 Å². The first-order valence-corrected chi connectivity index (χ1v) is 32.7. The van der Waals surface area contributed by atoms with Crippen LogP contribution in [0.25, 0.3) is 0 Å². The van der Waals surface area contributed by atoms with Crippen LogP contribution < -0.4 is 5.32 Å². The van der Waals surface area contributed by atoms with Crippen LogP contribution in [0.1, 0.15) is 348 Å². The number of ether oxygens (including phenoxy) is 2. The predicted molar refractivity (Wildman–Crippen MR) is 309 cm³/mol. The van der Waals surface area contributed by atoms with Gasteiger partial charge in [0.15, 0.2) is 6.29 Å². The topological polar surface area (TPSA) is 149 Å². The SMILES string of the molecule is CCCCCCCCCCCCCCCCCCCCCCCCCCCCCCC(=O)NC(COC1OC(CO)C(O)C(O)C1O)C(O)CCCCCCCCCCCCCCCCCCCCCCCC. The number of amides is 1. The normalized spacial score (nSPS) is 18.9. The average Bonchev–Trinajstić information content (AvgIpc) is 3.39. The average molecular weight is 1040 g/mol. The molecule has 6 N–H and O–H groups in total. The van der Waals surface area contributed by atoms with Gasteiger partial charge in [0.2, 0.25) is 5.91 Å². The monoisotopic (exact) mass is 1040 g/mol. The molecule has 1 saturated heterocycles. The third-order valence-electron chi connectivity index (χ3n) is 16.2. The Bertz CT molecular complexity index is 1110. The molecule has 0 aromatic rings. The van der Waals surface area contributed by atoms with Crippen molar-refractivity contribution in [1.29, 1.82) is 0 Å². The number of carbonyl (C=O) groups is 1. The summed E-state index contributed by atoms with van der Waals surface area (Å²) in [6, 6.07) is -0.714. The van der Waals surface area contributed by atoms with E-state index in [1.807, 2.05) is 0 Å². The largest absolute Gasteiger partial charge is 0.394 e. The van der Waals surface area contributed by atoms with Gasteiger partial charge in [-0.3, -0.25) is 4.79 Å². The zero-order valence-corrected chi connectivity index (χ0v) is 48.7. The van der Waals surface area contributed by atoms with Crippen LogP contribution in [0, 0.1) is 0 Å². The van der Waals surface area contributed by atoms with E-state index in [-0.39, 0.29) is 12.5 Å². The van der Waals surface area contributed by atoms with E-state index < -0.39 is 49.5 Å². The molecule has 9 heteroatoms. The number of aliphatic hydroxyl groups is 5. The lowest BCUT2D eigenvalue weighted by atomic mass is 9.99. The molecule has 73 heavy (non-hydrogen) atoms. The number of nitrogens with one attached hydrogen (secondary N) is 1. The van der Waals surface area contributed by atoms with Crippen LogP contribution in [0.3, 0.4) is 0 Å². The minimum absolute atomic E-state index is 0.130. The molecule has 0 aromatic heterocycles. The van der Waals surface area contributed by atoms with Gasteiger partial charge in [-0.25, -0.2) is 0 Å². The molecular formula is C64H127NO8. The van der Waals surface area contributed by atoms with Crippen LogP contribution in [0.2, 0.25) is 0 Å². The van der Waals surface area contributed by atoms with E-state index in [1.165, 1.54) is 283 Å². The highest BCUT2D eigenvalue weighted by molar-refractivity contribution is 5.76. The fraction of sp³-hybridized carbons (Fsp3) is 0.984. The van der Waals surface area contributed by atoms with Crippen LogP contribution in [0.15, 0.2) is 0 Å². The Morgan fingerprint density at radius 2 is 0.685 bits per heavy atom. The Balaban J connectivity index is 2.12. The van der Waals surface area contributed by atoms with Crippen molar-refractivity contribution in [3.8, 4) is 0 Å². The van der Waals surface area contributed by atoms with Gasteiger partial charge in [-0.1, -0.05) is 328 Å². The second kappa shape index (κ2) is 54.5. The molecule has 0 radical (unpaired) electrons. The van der Waals surface area contributed by atoms with E-state index in [0.29, 0.717) is 12.8 Å². The fourth-order valence-corrected chi connectivity index (χ4v) is 11.0. The minimum atomic E-state index is -1.55. The predicted octanol–water partition coefficient (Wildman–Crippen LogP) is 17.0. The van der Waals surface area contributed by atoms with Gasteiger partial charge in [-0.05, 0) is 12.8 Å². The van der Waals surface area contributed by atoms with Crippen molar-refractivity contribution >= 4 is 5.91 Å². The Morgan fingerprint density at radius 1 is 0.411 bits per heavy atom. The van der Waals surface area contributed by atoms with Crippen molar-refractivity contribution < 1.29 is 39.8 Å². The third-order valence-corrected chi connectivity index (χ3v) is 16.2. The standard InChI is InChI=1S/C64H127NO8/c1-3-5-7-9-11-13-15-17-19-21-23-25-27-28-29-30-31-32-34-36-38-40-42-44-46-48-50-52-54-60(68)65-57(56-72-64-63(71)62(70)61(69)59(55-66)73-64)58(67)53-51-49-47-45-43-41-39-37-35-33-26-24-22-20-18-16-14-12-10-8-6-4-2/h57-59,61-64,66-67,69-71H,3-56H2,1-2H3,(H,65,68). The molecular weight excluding hydrogens is 911 g/mol. The molecule has 1 aliphatic rings.